The monoisotopic (exact) mass is 789 g/mol. The van der Waals surface area contributed by atoms with Crippen LogP contribution in [0.3, 0.4) is 0 Å². The highest BCUT2D eigenvalue weighted by Gasteiger charge is 2.43. The quantitative estimate of drug-likeness (QED) is 0.0886. The normalized spacial score (nSPS) is 16.9. The second-order valence-corrected chi connectivity index (χ2v) is 16.3. The molecule has 1 saturated heterocycles. The van der Waals surface area contributed by atoms with E-state index in [9.17, 15) is 32.4 Å². The highest BCUT2D eigenvalue weighted by Crippen LogP contribution is 2.24. The maximum atomic E-state index is 14.0. The number of hydrogen-bond donors (Lipinski definition) is 4. The minimum atomic E-state index is -3.83. The second-order valence-electron chi connectivity index (χ2n) is 14.1. The molecule has 0 radical (unpaired) electrons. The summed E-state index contributed by atoms with van der Waals surface area (Å²) in [6.45, 7) is 9.37. The van der Waals surface area contributed by atoms with Crippen molar-refractivity contribution in [1.82, 2.24) is 25.6 Å². The third-order valence-electron chi connectivity index (χ3n) is 8.29. The molecule has 3 rings (SSSR count). The summed E-state index contributed by atoms with van der Waals surface area (Å²) < 4.78 is 38.0. The van der Waals surface area contributed by atoms with E-state index in [0.717, 1.165) is 17.4 Å². The molecule has 0 aliphatic carbocycles. The summed E-state index contributed by atoms with van der Waals surface area (Å²) >= 11 is 6.01. The Balaban J connectivity index is 1.78. The number of likely N-dealkylation sites (tertiary alicyclic amines) is 1. The van der Waals surface area contributed by atoms with E-state index in [0.29, 0.717) is 24.3 Å². The van der Waals surface area contributed by atoms with Gasteiger partial charge in [-0.25, -0.2) is 17.9 Å². The van der Waals surface area contributed by atoms with Gasteiger partial charge in [-0.2, -0.15) is 0 Å². The standard InChI is InChI=1S/C38H52ClN5O9S/c1-6-12-31(43-54(5,50)51)36(48)44-24-29(52-25-27-16-18-28(39)19-17-27)23-32(44)34(46)42-30(15-10-11-21-41-37(49)53-38(2,3)4)33(45)35(47)40-22-20-26-13-8-7-9-14-26/h6-9,13-14,16-19,29-32,43H,1,10-12,15,20-25H2,2-5H3,(H,40,47)(H,41,49)(H,42,46)/t29-,30+,31-,32+/m1/s1. The molecule has 4 atom stereocenters. The van der Waals surface area contributed by atoms with E-state index in [-0.39, 0.29) is 45.5 Å². The lowest BCUT2D eigenvalue weighted by atomic mass is 10.0. The fourth-order valence-electron chi connectivity index (χ4n) is 5.75. The number of alkyl carbamates (subject to hydrolysis) is 1. The molecule has 1 aliphatic rings. The molecule has 0 bridgehead atoms. The SMILES string of the molecule is C=CC[C@@H](NS(C)(=O)=O)C(=O)N1C[C@H](OCc2ccc(Cl)cc2)C[C@H]1C(=O)N[C@@H](CCCCNC(=O)OC(C)(C)C)C(=O)C(=O)NCCc1ccccc1. The first-order chi connectivity index (χ1) is 25.5. The van der Waals surface area contributed by atoms with Crippen LogP contribution in [0.2, 0.25) is 5.02 Å². The van der Waals surface area contributed by atoms with Gasteiger partial charge in [-0.1, -0.05) is 60.1 Å². The van der Waals surface area contributed by atoms with Gasteiger partial charge in [0, 0.05) is 31.1 Å². The van der Waals surface area contributed by atoms with Crippen LogP contribution in [0.15, 0.2) is 67.3 Å². The molecule has 0 unspecified atom stereocenters. The molecule has 1 heterocycles. The van der Waals surface area contributed by atoms with Crippen molar-refractivity contribution >= 4 is 51.2 Å². The number of unbranched alkanes of at least 4 members (excludes halogenated alkanes) is 1. The first kappa shape index (κ1) is 44.1. The van der Waals surface area contributed by atoms with E-state index >= 15 is 0 Å². The van der Waals surface area contributed by atoms with Gasteiger partial charge in [0.2, 0.25) is 27.6 Å². The molecule has 0 saturated carbocycles. The summed E-state index contributed by atoms with van der Waals surface area (Å²) in [6, 6.07) is 12.7. The number of nitrogens with zero attached hydrogens (tertiary/aromatic N) is 1. The number of halogens is 1. The summed E-state index contributed by atoms with van der Waals surface area (Å²) in [5.41, 5.74) is 1.09. The van der Waals surface area contributed by atoms with Crippen LogP contribution in [0.4, 0.5) is 4.79 Å². The molecule has 0 spiro atoms. The topological polar surface area (TPSA) is 189 Å². The number of sulfonamides is 1. The summed E-state index contributed by atoms with van der Waals surface area (Å²) in [7, 11) is -3.83. The van der Waals surface area contributed by atoms with Crippen molar-refractivity contribution in [2.75, 3.05) is 25.9 Å². The van der Waals surface area contributed by atoms with Gasteiger partial charge in [-0.15, -0.1) is 6.58 Å². The summed E-state index contributed by atoms with van der Waals surface area (Å²) in [5.74, 6) is -3.13. The molecule has 14 nitrogen and oxygen atoms in total. The van der Waals surface area contributed by atoms with Crippen LogP contribution in [0, 0.1) is 0 Å². The Morgan fingerprint density at radius 1 is 0.963 bits per heavy atom. The van der Waals surface area contributed by atoms with Crippen LogP contribution in [-0.2, 0) is 51.7 Å². The molecule has 0 aromatic heterocycles. The smallest absolute Gasteiger partial charge is 0.407 e. The average Bonchev–Trinajstić information content (AvgIpc) is 3.53. The molecule has 2 aromatic carbocycles. The molecule has 296 valence electrons. The van der Waals surface area contributed by atoms with E-state index in [4.69, 9.17) is 21.1 Å². The van der Waals surface area contributed by atoms with Gasteiger partial charge in [-0.05, 0) is 76.1 Å². The minimum absolute atomic E-state index is 0.0365. The maximum absolute atomic E-state index is 14.0. The number of rotatable bonds is 20. The fourth-order valence-corrected chi connectivity index (χ4v) is 6.59. The Morgan fingerprint density at radius 3 is 2.28 bits per heavy atom. The largest absolute Gasteiger partial charge is 0.444 e. The highest BCUT2D eigenvalue weighted by atomic mass is 35.5. The number of ketones is 1. The van der Waals surface area contributed by atoms with Crippen molar-refractivity contribution in [2.24, 2.45) is 0 Å². The Morgan fingerprint density at radius 2 is 1.65 bits per heavy atom. The van der Waals surface area contributed by atoms with Crippen LogP contribution >= 0.6 is 11.6 Å². The minimum Gasteiger partial charge on any atom is -0.444 e. The molecule has 16 heteroatoms. The van der Waals surface area contributed by atoms with Gasteiger partial charge < -0.3 is 30.3 Å². The number of hydrogen-bond acceptors (Lipinski definition) is 9. The molecule has 1 fully saturated rings. The molecular formula is C38H52ClN5O9S. The third-order valence-corrected chi connectivity index (χ3v) is 9.26. The number of benzene rings is 2. The summed E-state index contributed by atoms with van der Waals surface area (Å²) in [6.07, 6.45) is 2.36. The number of carbonyl (C=O) groups excluding carboxylic acids is 5. The highest BCUT2D eigenvalue weighted by molar-refractivity contribution is 7.88. The zero-order valence-corrected chi connectivity index (χ0v) is 32.8. The number of nitrogens with one attached hydrogen (secondary N) is 4. The van der Waals surface area contributed by atoms with Crippen molar-refractivity contribution in [1.29, 1.82) is 0 Å². The van der Waals surface area contributed by atoms with Gasteiger partial charge in [0.25, 0.3) is 5.91 Å². The Kier molecular flexibility index (Phi) is 17.1. The van der Waals surface area contributed by atoms with E-state index in [1.54, 1.807) is 45.0 Å². The van der Waals surface area contributed by atoms with Crippen LogP contribution in [0.1, 0.15) is 64.0 Å². The predicted octanol–water partition coefficient (Wildman–Crippen LogP) is 3.43. The van der Waals surface area contributed by atoms with Crippen molar-refractivity contribution in [3.05, 3.63) is 83.4 Å². The van der Waals surface area contributed by atoms with Crippen molar-refractivity contribution < 1.29 is 41.9 Å². The first-order valence-electron chi connectivity index (χ1n) is 17.8. The van der Waals surface area contributed by atoms with Crippen LogP contribution in [-0.4, -0.2) is 98.6 Å². The maximum Gasteiger partial charge on any atom is 0.407 e. The van der Waals surface area contributed by atoms with Gasteiger partial charge in [0.05, 0.1) is 25.0 Å². The van der Waals surface area contributed by atoms with Crippen LogP contribution < -0.4 is 20.7 Å². The van der Waals surface area contributed by atoms with Crippen molar-refractivity contribution in [3.8, 4) is 0 Å². The first-order valence-corrected chi connectivity index (χ1v) is 20.1. The molecule has 1 aliphatic heterocycles. The zero-order valence-electron chi connectivity index (χ0n) is 31.3. The Hall–Kier alpha value is -4.31. The molecule has 4 amide bonds. The summed E-state index contributed by atoms with van der Waals surface area (Å²) in [4.78, 5) is 67.9. The molecule has 2 aromatic rings. The van der Waals surface area contributed by atoms with Crippen molar-refractivity contribution in [3.63, 3.8) is 0 Å². The van der Waals surface area contributed by atoms with E-state index < -0.39 is 69.5 Å². The molecular weight excluding hydrogens is 738 g/mol. The summed E-state index contributed by atoms with van der Waals surface area (Å²) in [5, 5.41) is 8.53. The fraction of sp³-hybridized carbons (Fsp3) is 0.500. The molecule has 4 N–H and O–H groups in total. The number of amides is 4. The number of carbonyl (C=O) groups is 5. The van der Waals surface area contributed by atoms with E-state index in [1.165, 1.54) is 11.0 Å². The lowest BCUT2D eigenvalue weighted by Gasteiger charge is -2.29. The third kappa shape index (κ3) is 15.6. The average molecular weight is 790 g/mol. The number of Topliss-reactive ketones (excluding diaryl/α,β-unsaturated/α-hetero) is 1. The second kappa shape index (κ2) is 21.0. The lowest BCUT2D eigenvalue weighted by molar-refractivity contribution is -0.142. The van der Waals surface area contributed by atoms with E-state index in [1.807, 2.05) is 30.3 Å². The van der Waals surface area contributed by atoms with Gasteiger partial charge in [-0.3, -0.25) is 19.2 Å². The van der Waals surface area contributed by atoms with E-state index in [2.05, 4.69) is 27.3 Å². The van der Waals surface area contributed by atoms with Crippen molar-refractivity contribution in [2.45, 2.75) is 95.7 Å². The van der Waals surface area contributed by atoms with Crippen LogP contribution in [0.25, 0.3) is 0 Å². The zero-order chi connectivity index (χ0) is 39.9. The predicted molar refractivity (Wildman–Crippen MR) is 205 cm³/mol. The van der Waals surface area contributed by atoms with Gasteiger partial charge in [0.1, 0.15) is 17.7 Å². The lowest BCUT2D eigenvalue weighted by Crippen LogP contribution is -2.56. The Labute approximate surface area is 322 Å². The number of ether oxygens (including phenoxy) is 2. The van der Waals surface area contributed by atoms with Crippen LogP contribution in [0.5, 0.6) is 0 Å². The van der Waals surface area contributed by atoms with Gasteiger partial charge in [0.15, 0.2) is 0 Å². The Bertz CT molecular complexity index is 1700. The van der Waals surface area contributed by atoms with Gasteiger partial charge >= 0.3 is 6.09 Å². The molecule has 54 heavy (non-hydrogen) atoms.